The third kappa shape index (κ3) is 3.15. The van der Waals surface area contributed by atoms with Crippen LogP contribution in [0.5, 0.6) is 0 Å². The minimum Gasteiger partial charge on any atom is -0.384 e. The molecule has 120 valence electrons. The van der Waals surface area contributed by atoms with Crippen molar-refractivity contribution in [3.63, 3.8) is 0 Å². The molecular formula is C15H19N7O. The van der Waals surface area contributed by atoms with Gasteiger partial charge in [0.25, 0.3) is 0 Å². The zero-order chi connectivity index (χ0) is 16.4. The summed E-state index contributed by atoms with van der Waals surface area (Å²) in [6.07, 6.45) is 6.17. The number of rotatable bonds is 5. The Labute approximate surface area is 133 Å². The molecule has 3 aromatic rings. The molecule has 8 heteroatoms. The number of carbonyl (C=O) groups excluding carboxylic acids is 1. The molecule has 3 aromatic heterocycles. The van der Waals surface area contributed by atoms with Gasteiger partial charge >= 0.3 is 0 Å². The van der Waals surface area contributed by atoms with E-state index >= 15 is 0 Å². The van der Waals surface area contributed by atoms with Gasteiger partial charge in [-0.25, -0.2) is 14.6 Å². The van der Waals surface area contributed by atoms with E-state index in [1.165, 1.54) is 4.68 Å². The monoisotopic (exact) mass is 313 g/mol. The number of fused-ring (bicyclic) bond motifs is 1. The van der Waals surface area contributed by atoms with Gasteiger partial charge in [-0.2, -0.15) is 5.10 Å². The topological polar surface area (TPSA) is 103 Å². The Kier molecular flexibility index (Phi) is 3.96. The first-order chi connectivity index (χ1) is 11.1. The zero-order valence-corrected chi connectivity index (χ0v) is 13.1. The van der Waals surface area contributed by atoms with Crippen LogP contribution in [0.15, 0.2) is 30.7 Å². The number of nitrogens with one attached hydrogen (secondary N) is 1. The summed E-state index contributed by atoms with van der Waals surface area (Å²) in [5, 5.41) is 7.16. The highest BCUT2D eigenvalue weighted by Gasteiger charge is 2.17. The van der Waals surface area contributed by atoms with Gasteiger partial charge in [-0.05, 0) is 19.4 Å². The number of nitrogens with zero attached hydrogens (tertiary/aromatic N) is 5. The fourth-order valence-electron chi connectivity index (χ4n) is 2.47. The molecule has 23 heavy (non-hydrogen) atoms. The number of nitrogen functional groups attached to an aromatic ring is 1. The SMILES string of the molecule is CC[C@H](NC(=O)Cn1nc(C)cc1N)c1cn2cccnc2n1. The number of anilines is 1. The van der Waals surface area contributed by atoms with E-state index in [0.717, 1.165) is 17.8 Å². The Hall–Kier alpha value is -2.90. The first-order valence-electron chi connectivity index (χ1n) is 7.45. The molecule has 1 atom stereocenters. The number of hydrogen-bond acceptors (Lipinski definition) is 5. The average Bonchev–Trinajstić information content (AvgIpc) is 3.08. The van der Waals surface area contributed by atoms with E-state index in [2.05, 4.69) is 20.4 Å². The highest BCUT2D eigenvalue weighted by Crippen LogP contribution is 2.16. The molecule has 0 radical (unpaired) electrons. The van der Waals surface area contributed by atoms with Crippen molar-refractivity contribution < 1.29 is 4.79 Å². The molecular weight excluding hydrogens is 294 g/mol. The van der Waals surface area contributed by atoms with Gasteiger partial charge in [-0.1, -0.05) is 6.92 Å². The van der Waals surface area contributed by atoms with Gasteiger partial charge in [0.15, 0.2) is 0 Å². The smallest absolute Gasteiger partial charge is 0.242 e. The third-order valence-electron chi connectivity index (χ3n) is 3.58. The largest absolute Gasteiger partial charge is 0.384 e. The van der Waals surface area contributed by atoms with Crippen LogP contribution in [0.2, 0.25) is 0 Å². The van der Waals surface area contributed by atoms with Crippen molar-refractivity contribution in [3.8, 4) is 0 Å². The Bertz CT molecular complexity index is 802. The van der Waals surface area contributed by atoms with Crippen LogP contribution in [-0.2, 0) is 11.3 Å². The van der Waals surface area contributed by atoms with Crippen molar-refractivity contribution in [3.05, 3.63) is 42.1 Å². The Balaban J connectivity index is 1.73. The van der Waals surface area contributed by atoms with Crippen LogP contribution in [0, 0.1) is 6.92 Å². The Morgan fingerprint density at radius 1 is 1.48 bits per heavy atom. The number of imidazole rings is 1. The van der Waals surface area contributed by atoms with Crippen LogP contribution in [0.1, 0.15) is 30.8 Å². The van der Waals surface area contributed by atoms with Crippen LogP contribution in [0.25, 0.3) is 5.78 Å². The molecule has 0 saturated heterocycles. The molecule has 3 heterocycles. The van der Waals surface area contributed by atoms with Gasteiger partial charge in [-0.15, -0.1) is 0 Å². The van der Waals surface area contributed by atoms with Gasteiger partial charge in [0.2, 0.25) is 11.7 Å². The second-order valence-electron chi connectivity index (χ2n) is 5.39. The molecule has 8 nitrogen and oxygen atoms in total. The van der Waals surface area contributed by atoms with Crippen molar-refractivity contribution in [1.29, 1.82) is 0 Å². The molecule has 0 aliphatic carbocycles. The predicted molar refractivity (Wildman–Crippen MR) is 85.5 cm³/mol. The van der Waals surface area contributed by atoms with E-state index in [-0.39, 0.29) is 18.5 Å². The summed E-state index contributed by atoms with van der Waals surface area (Å²) in [4.78, 5) is 20.9. The minimum atomic E-state index is -0.179. The Morgan fingerprint density at radius 3 is 2.96 bits per heavy atom. The van der Waals surface area contributed by atoms with Crippen molar-refractivity contribution in [2.45, 2.75) is 32.9 Å². The first-order valence-corrected chi connectivity index (χ1v) is 7.45. The van der Waals surface area contributed by atoms with E-state index in [4.69, 9.17) is 5.73 Å². The maximum atomic E-state index is 12.3. The van der Waals surface area contributed by atoms with Crippen molar-refractivity contribution >= 4 is 17.5 Å². The summed E-state index contributed by atoms with van der Waals surface area (Å²) < 4.78 is 3.32. The number of amides is 1. The van der Waals surface area contributed by atoms with E-state index in [1.807, 2.05) is 36.7 Å². The van der Waals surface area contributed by atoms with Crippen LogP contribution < -0.4 is 11.1 Å². The van der Waals surface area contributed by atoms with Gasteiger partial charge in [0.05, 0.1) is 17.4 Å². The van der Waals surface area contributed by atoms with Crippen LogP contribution >= 0.6 is 0 Å². The first kappa shape index (κ1) is 15.0. The highest BCUT2D eigenvalue weighted by molar-refractivity contribution is 5.76. The number of aryl methyl sites for hydroxylation is 1. The number of hydrogen-bond donors (Lipinski definition) is 2. The summed E-state index contributed by atoms with van der Waals surface area (Å²) in [5.74, 6) is 0.932. The summed E-state index contributed by atoms with van der Waals surface area (Å²) in [7, 11) is 0. The van der Waals surface area contributed by atoms with E-state index in [0.29, 0.717) is 11.6 Å². The molecule has 3 rings (SSSR count). The van der Waals surface area contributed by atoms with E-state index in [1.54, 1.807) is 12.3 Å². The molecule has 0 spiro atoms. The van der Waals surface area contributed by atoms with Crippen LogP contribution in [-0.4, -0.2) is 30.1 Å². The van der Waals surface area contributed by atoms with Gasteiger partial charge in [0, 0.05) is 24.7 Å². The Morgan fingerprint density at radius 2 is 2.30 bits per heavy atom. The molecule has 1 amide bonds. The molecule has 0 aliphatic rings. The predicted octanol–water partition coefficient (Wildman–Crippen LogP) is 1.08. The lowest BCUT2D eigenvalue weighted by atomic mass is 10.1. The zero-order valence-electron chi connectivity index (χ0n) is 13.1. The lowest BCUT2D eigenvalue weighted by molar-refractivity contribution is -0.122. The van der Waals surface area contributed by atoms with Crippen LogP contribution in [0.4, 0.5) is 5.82 Å². The molecule has 0 aliphatic heterocycles. The second-order valence-corrected chi connectivity index (χ2v) is 5.39. The van der Waals surface area contributed by atoms with E-state index < -0.39 is 0 Å². The van der Waals surface area contributed by atoms with Gasteiger partial charge in [-0.3, -0.25) is 9.20 Å². The fourth-order valence-corrected chi connectivity index (χ4v) is 2.47. The molecule has 0 saturated carbocycles. The number of nitrogens with two attached hydrogens (primary N) is 1. The number of aromatic nitrogens is 5. The van der Waals surface area contributed by atoms with Crippen molar-refractivity contribution in [2.24, 2.45) is 0 Å². The average molecular weight is 313 g/mol. The highest BCUT2D eigenvalue weighted by atomic mass is 16.2. The van der Waals surface area contributed by atoms with Gasteiger partial charge in [0.1, 0.15) is 12.4 Å². The lowest BCUT2D eigenvalue weighted by Crippen LogP contribution is -2.32. The molecule has 0 unspecified atom stereocenters. The standard InChI is InChI=1S/C15H19N7O/c1-3-11(12-8-21-6-4-5-17-15(21)19-12)18-14(23)9-22-13(16)7-10(2)20-22/h4-8,11H,3,9,16H2,1-2H3,(H,18,23)/t11-/m0/s1. The maximum absolute atomic E-state index is 12.3. The molecule has 3 N–H and O–H groups in total. The van der Waals surface area contributed by atoms with Crippen LogP contribution in [0.3, 0.4) is 0 Å². The molecule has 0 fully saturated rings. The maximum Gasteiger partial charge on any atom is 0.242 e. The van der Waals surface area contributed by atoms with Crippen molar-refractivity contribution in [1.82, 2.24) is 29.5 Å². The summed E-state index contributed by atoms with van der Waals surface area (Å²) in [5.41, 5.74) is 7.38. The normalized spacial score (nSPS) is 12.4. The molecule has 0 bridgehead atoms. The van der Waals surface area contributed by atoms with Crippen molar-refractivity contribution in [2.75, 3.05) is 5.73 Å². The fraction of sp³-hybridized carbons (Fsp3) is 0.333. The summed E-state index contributed by atoms with van der Waals surface area (Å²) in [6, 6.07) is 3.39. The lowest BCUT2D eigenvalue weighted by Gasteiger charge is -2.15. The number of carbonyl (C=O) groups is 1. The summed E-state index contributed by atoms with van der Waals surface area (Å²) in [6.45, 7) is 3.92. The molecule has 0 aromatic carbocycles. The van der Waals surface area contributed by atoms with E-state index in [9.17, 15) is 4.79 Å². The minimum absolute atomic E-state index is 0.0851. The third-order valence-corrected chi connectivity index (χ3v) is 3.58. The quantitative estimate of drug-likeness (QED) is 0.734. The second kappa shape index (κ2) is 6.07. The summed E-state index contributed by atoms with van der Waals surface area (Å²) >= 11 is 0. The van der Waals surface area contributed by atoms with Gasteiger partial charge < -0.3 is 11.1 Å².